The van der Waals surface area contributed by atoms with Crippen molar-refractivity contribution in [1.82, 2.24) is 49.7 Å². The summed E-state index contributed by atoms with van der Waals surface area (Å²) in [4.78, 5) is 76.8. The van der Waals surface area contributed by atoms with Crippen LogP contribution in [0.15, 0.2) is 45.4 Å². The first-order valence-electron chi connectivity index (χ1n) is 19.9. The van der Waals surface area contributed by atoms with Crippen molar-refractivity contribution in [3.05, 3.63) is 82.4 Å². The number of carbonyl (C=O) groups is 4. The molecule has 4 amide bonds. The van der Waals surface area contributed by atoms with Crippen LogP contribution in [0.4, 0.5) is 11.9 Å². The number of pyridine rings is 1. The summed E-state index contributed by atoms with van der Waals surface area (Å²) >= 11 is 0. The zero-order valence-electron chi connectivity index (χ0n) is 34.3. The number of oxazole rings is 2. The number of nitrogens with one attached hydrogen (secondary N) is 4. The van der Waals surface area contributed by atoms with E-state index < -0.39 is 23.6 Å². The van der Waals surface area contributed by atoms with E-state index in [0.717, 1.165) is 39.1 Å². The molecule has 21 heteroatoms. The van der Waals surface area contributed by atoms with Crippen LogP contribution in [0.5, 0.6) is 5.75 Å². The summed E-state index contributed by atoms with van der Waals surface area (Å²) < 4.78 is 21.1. The number of fused-ring (bicyclic) bond motifs is 2. The predicted octanol–water partition coefficient (Wildman–Crippen LogP) is 2.64. The van der Waals surface area contributed by atoms with Crippen molar-refractivity contribution in [3.8, 4) is 5.75 Å². The average molecular weight is 837 g/mol. The number of amides is 4. The number of rotatable bonds is 17. The van der Waals surface area contributed by atoms with Gasteiger partial charge in [-0.25, -0.2) is 30.8 Å². The van der Waals surface area contributed by atoms with Crippen LogP contribution in [0.3, 0.4) is 0 Å². The summed E-state index contributed by atoms with van der Waals surface area (Å²) in [5, 5.41) is 9.05. The number of aryl methyl sites for hydroxylation is 4. The molecule has 0 spiro atoms. The lowest BCUT2D eigenvalue weighted by Crippen LogP contribution is -2.43. The van der Waals surface area contributed by atoms with Gasteiger partial charge in [0.2, 0.25) is 29.3 Å². The highest BCUT2D eigenvalue weighted by molar-refractivity contribution is 6.05. The third-order valence-corrected chi connectivity index (χ3v) is 10.0. The molecule has 21 nitrogen and oxygen atoms in total. The number of aromatic nitrogens is 7. The monoisotopic (exact) mass is 836 g/mol. The van der Waals surface area contributed by atoms with Crippen LogP contribution in [0.2, 0.25) is 0 Å². The lowest BCUT2D eigenvalue weighted by atomic mass is 10.1. The molecule has 1 aliphatic rings. The largest absolute Gasteiger partial charge is 0.491 e. The summed E-state index contributed by atoms with van der Waals surface area (Å²) in [6.07, 6.45) is 6.65. The zero-order chi connectivity index (χ0) is 43.2. The number of carbonyl (C=O) groups excluding carboxylic acids is 4. The van der Waals surface area contributed by atoms with Gasteiger partial charge >= 0.3 is 0 Å². The number of nitrogens with zero attached hydrogens (tertiary/aromatic N) is 8. The lowest BCUT2D eigenvalue weighted by molar-refractivity contribution is 0.0950. The number of piperazine rings is 1. The number of hydrogen-bond acceptors (Lipinski definition) is 15. The maximum absolute atomic E-state index is 13.7. The highest BCUT2D eigenvalue weighted by Gasteiger charge is 2.25. The van der Waals surface area contributed by atoms with Gasteiger partial charge in [0.25, 0.3) is 17.7 Å². The fourth-order valence-corrected chi connectivity index (χ4v) is 7.10. The van der Waals surface area contributed by atoms with Gasteiger partial charge in [-0.3, -0.25) is 39.8 Å². The van der Waals surface area contributed by atoms with Gasteiger partial charge in [-0.1, -0.05) is 26.0 Å². The van der Waals surface area contributed by atoms with Gasteiger partial charge in [0, 0.05) is 71.4 Å². The topological polar surface area (TPSA) is 282 Å². The normalized spacial score (nSPS) is 13.3. The second kappa shape index (κ2) is 18.5. The van der Waals surface area contributed by atoms with Crippen molar-refractivity contribution in [2.45, 2.75) is 60.0 Å². The number of allylic oxidation sites excluding steroid dienone is 2. The Morgan fingerprint density at radius 3 is 2.02 bits per heavy atom. The Bertz CT molecular complexity index is 2630. The highest BCUT2D eigenvalue weighted by atomic mass is 16.5. The van der Waals surface area contributed by atoms with Gasteiger partial charge in [0.05, 0.1) is 29.1 Å². The van der Waals surface area contributed by atoms with E-state index in [1.165, 1.54) is 12.3 Å². The second-order valence-electron chi connectivity index (χ2n) is 14.2. The van der Waals surface area contributed by atoms with Gasteiger partial charge in [-0.15, -0.1) is 0 Å². The van der Waals surface area contributed by atoms with E-state index in [9.17, 15) is 19.2 Å². The van der Waals surface area contributed by atoms with E-state index in [4.69, 9.17) is 30.1 Å². The molecule has 1 saturated heterocycles. The predicted molar refractivity (Wildman–Crippen MR) is 223 cm³/mol. The summed E-state index contributed by atoms with van der Waals surface area (Å²) in [6, 6.07) is 4.64. The number of imidazole rings is 2. The van der Waals surface area contributed by atoms with Crippen molar-refractivity contribution in [2.24, 2.45) is 11.6 Å². The second-order valence-corrected chi connectivity index (χ2v) is 14.2. The maximum atomic E-state index is 13.7. The van der Waals surface area contributed by atoms with E-state index in [2.05, 4.69) is 46.2 Å². The van der Waals surface area contributed by atoms with Crippen LogP contribution < -0.4 is 37.7 Å². The van der Waals surface area contributed by atoms with Crippen molar-refractivity contribution in [2.75, 3.05) is 50.0 Å². The molecule has 6 heterocycles. The highest BCUT2D eigenvalue weighted by Crippen LogP contribution is 2.32. The molecule has 6 aromatic rings. The molecule has 1 fully saturated rings. The summed E-state index contributed by atoms with van der Waals surface area (Å²) in [7, 11) is 0. The van der Waals surface area contributed by atoms with E-state index in [1.807, 2.05) is 26.0 Å². The number of benzene rings is 1. The Morgan fingerprint density at radius 1 is 0.820 bits per heavy atom. The van der Waals surface area contributed by atoms with Crippen LogP contribution in [-0.2, 0) is 25.9 Å². The molecule has 320 valence electrons. The number of anilines is 2. The van der Waals surface area contributed by atoms with Crippen molar-refractivity contribution < 1.29 is 32.7 Å². The number of primary amides is 1. The van der Waals surface area contributed by atoms with Gasteiger partial charge in [0.1, 0.15) is 16.8 Å². The van der Waals surface area contributed by atoms with Crippen molar-refractivity contribution in [3.63, 3.8) is 0 Å². The Labute approximate surface area is 349 Å². The average Bonchev–Trinajstić information content (AvgIpc) is 4.02. The third-order valence-electron chi connectivity index (χ3n) is 10.0. The van der Waals surface area contributed by atoms with Gasteiger partial charge in [-0.05, 0) is 37.5 Å². The third kappa shape index (κ3) is 9.27. The first-order valence-corrected chi connectivity index (χ1v) is 19.9. The molecule has 0 aliphatic carbocycles. The minimum Gasteiger partial charge on any atom is -0.491 e. The van der Waals surface area contributed by atoms with Gasteiger partial charge < -0.3 is 34.1 Å². The van der Waals surface area contributed by atoms with Crippen molar-refractivity contribution in [1.29, 1.82) is 0 Å². The molecule has 61 heavy (non-hydrogen) atoms. The molecule has 0 saturated carbocycles. The Hall–Kier alpha value is -6.97. The quantitative estimate of drug-likeness (QED) is 0.0253. The SMILES string of the molecule is CCc1nc(C)oc1C(=O)Nc1nc2cc(C(=O)NN)cnc2n1C/C=C/Cn1c(NC(=O)c2oc(C)nc2CC)nc2cc(C(N)=O)cc(OCCCN3CCNCC3)c21. The number of hydrazine groups is 1. The van der Waals surface area contributed by atoms with Crippen molar-refractivity contribution >= 4 is 57.7 Å². The van der Waals surface area contributed by atoms with E-state index in [1.54, 1.807) is 35.1 Å². The molecule has 8 N–H and O–H groups in total. The van der Waals surface area contributed by atoms with Crippen LogP contribution in [0.1, 0.15) is 85.3 Å². The van der Waals surface area contributed by atoms with Gasteiger partial charge in [0.15, 0.2) is 17.4 Å². The van der Waals surface area contributed by atoms with Crippen LogP contribution in [-0.4, -0.2) is 102 Å². The number of ether oxygens (including phenoxy) is 1. The van der Waals surface area contributed by atoms with Crippen LogP contribution in [0.25, 0.3) is 22.2 Å². The zero-order valence-corrected chi connectivity index (χ0v) is 34.3. The Balaban J connectivity index is 1.23. The minimum atomic E-state index is -0.665. The smallest absolute Gasteiger partial charge is 0.295 e. The lowest BCUT2D eigenvalue weighted by Gasteiger charge is -2.27. The Kier molecular flexibility index (Phi) is 12.8. The first-order chi connectivity index (χ1) is 29.5. The summed E-state index contributed by atoms with van der Waals surface area (Å²) in [5.74, 6) is 4.46. The molecule has 0 unspecified atom stereocenters. The number of hydrogen-bond donors (Lipinski definition) is 6. The molecular formula is C40H48N14O7. The van der Waals surface area contributed by atoms with E-state index >= 15 is 0 Å². The fraction of sp³-hybridized carbons (Fsp3) is 0.375. The van der Waals surface area contributed by atoms with E-state index in [0.29, 0.717) is 70.6 Å². The van der Waals surface area contributed by atoms with Crippen LogP contribution >= 0.6 is 0 Å². The number of nitrogen functional groups attached to an aromatic ring is 1. The fourth-order valence-electron chi connectivity index (χ4n) is 7.10. The number of nitrogens with two attached hydrogens (primary N) is 2. The van der Waals surface area contributed by atoms with Gasteiger partial charge in [-0.2, -0.15) is 0 Å². The standard InChI is InChI=1S/C40H48N14O7/c1-5-26-32(60-22(3)45-26)37(57)49-39-47-28-18-24(34(41)55)20-30(59-17-9-12-52-15-10-43-11-16-52)31(28)53(39)13-7-8-14-54-35-29(19-25(21-44-35)36(56)51-42)48-40(54)50-38(58)33-27(6-2)46-23(4)61-33/h7-8,18-21,43H,5-6,9-17,42H2,1-4H3,(H2,41,55)(H,51,56)(H,47,49,57)(H,48,50,58)/b8-7+. The minimum absolute atomic E-state index is 0.0553. The van der Waals surface area contributed by atoms with E-state index in [-0.39, 0.29) is 47.6 Å². The molecular weight excluding hydrogens is 789 g/mol. The molecule has 0 bridgehead atoms. The molecule has 0 radical (unpaired) electrons. The molecule has 7 rings (SSSR count). The molecule has 1 aromatic carbocycles. The maximum Gasteiger partial charge on any atom is 0.295 e. The molecule has 5 aromatic heterocycles. The summed E-state index contributed by atoms with van der Waals surface area (Å²) in [5.41, 5.74) is 10.7. The molecule has 0 atom stereocenters. The summed E-state index contributed by atoms with van der Waals surface area (Å²) in [6.45, 7) is 12.3. The molecule has 1 aliphatic heterocycles. The Morgan fingerprint density at radius 2 is 1.41 bits per heavy atom. The van der Waals surface area contributed by atoms with Crippen LogP contribution in [0, 0.1) is 13.8 Å². The first kappa shape index (κ1) is 42.2.